The first-order valence-corrected chi connectivity index (χ1v) is 7.50. The summed E-state index contributed by atoms with van der Waals surface area (Å²) in [6.07, 6.45) is 0. The molecular weight excluding hydrogens is 278 g/mol. The second kappa shape index (κ2) is 7.58. The molecule has 0 spiro atoms. The van der Waals surface area contributed by atoms with Crippen molar-refractivity contribution in [1.82, 2.24) is 19.9 Å². The lowest BCUT2D eigenvalue weighted by molar-refractivity contribution is 0.122. The van der Waals surface area contributed by atoms with Gasteiger partial charge in [0.25, 0.3) is 0 Å². The Morgan fingerprint density at radius 2 is 2.05 bits per heavy atom. The molecule has 1 aliphatic rings. The SMILES string of the molecule is CN(C)CCSc1nc(NN)nc(N2CCOCC2)n1. The highest BCUT2D eigenvalue weighted by Gasteiger charge is 2.16. The van der Waals surface area contributed by atoms with E-state index < -0.39 is 0 Å². The third kappa shape index (κ3) is 4.44. The van der Waals surface area contributed by atoms with Gasteiger partial charge in [0.15, 0.2) is 5.16 Å². The second-order valence-corrected chi connectivity index (χ2v) is 5.70. The van der Waals surface area contributed by atoms with E-state index in [4.69, 9.17) is 10.6 Å². The summed E-state index contributed by atoms with van der Waals surface area (Å²) in [4.78, 5) is 17.3. The molecule has 0 saturated carbocycles. The lowest BCUT2D eigenvalue weighted by Gasteiger charge is -2.26. The zero-order valence-corrected chi connectivity index (χ0v) is 12.7. The lowest BCUT2D eigenvalue weighted by atomic mass is 10.4. The third-order valence-corrected chi connectivity index (χ3v) is 3.62. The number of nitrogens with zero attached hydrogens (tertiary/aromatic N) is 5. The minimum Gasteiger partial charge on any atom is -0.378 e. The quantitative estimate of drug-likeness (QED) is 0.415. The van der Waals surface area contributed by atoms with Gasteiger partial charge in [-0.2, -0.15) is 15.0 Å². The Kier molecular flexibility index (Phi) is 5.77. The predicted molar refractivity (Wildman–Crippen MR) is 79.9 cm³/mol. The monoisotopic (exact) mass is 299 g/mol. The highest BCUT2D eigenvalue weighted by molar-refractivity contribution is 7.99. The van der Waals surface area contributed by atoms with Crippen LogP contribution in [0.5, 0.6) is 0 Å². The Bertz CT molecular complexity index is 425. The van der Waals surface area contributed by atoms with Crippen molar-refractivity contribution in [3.63, 3.8) is 0 Å². The van der Waals surface area contributed by atoms with Crippen molar-refractivity contribution in [1.29, 1.82) is 0 Å². The third-order valence-electron chi connectivity index (χ3n) is 2.80. The topological polar surface area (TPSA) is 92.4 Å². The fraction of sp³-hybridized carbons (Fsp3) is 0.727. The van der Waals surface area contributed by atoms with E-state index >= 15 is 0 Å². The molecule has 0 radical (unpaired) electrons. The molecule has 0 bridgehead atoms. The fourth-order valence-electron chi connectivity index (χ4n) is 1.70. The Balaban J connectivity index is 2.06. The van der Waals surface area contributed by atoms with E-state index in [1.165, 1.54) is 0 Å². The molecular formula is C11H21N7OS. The molecule has 9 heteroatoms. The Labute approximate surface area is 123 Å². The number of aromatic nitrogens is 3. The van der Waals surface area contributed by atoms with Crippen LogP contribution in [0.15, 0.2) is 5.16 Å². The van der Waals surface area contributed by atoms with Gasteiger partial charge in [-0.25, -0.2) is 5.84 Å². The number of hydrogen-bond acceptors (Lipinski definition) is 9. The van der Waals surface area contributed by atoms with Crippen LogP contribution in [0.25, 0.3) is 0 Å². The van der Waals surface area contributed by atoms with Gasteiger partial charge in [-0.05, 0) is 14.1 Å². The number of thioether (sulfide) groups is 1. The summed E-state index contributed by atoms with van der Waals surface area (Å²) in [7, 11) is 4.08. The Morgan fingerprint density at radius 1 is 1.30 bits per heavy atom. The molecule has 0 amide bonds. The number of hydrazine groups is 1. The van der Waals surface area contributed by atoms with Gasteiger partial charge in [0.2, 0.25) is 11.9 Å². The summed E-state index contributed by atoms with van der Waals surface area (Å²) >= 11 is 1.60. The van der Waals surface area contributed by atoms with Crippen LogP contribution < -0.4 is 16.2 Å². The van der Waals surface area contributed by atoms with Crippen molar-refractivity contribution >= 4 is 23.7 Å². The molecule has 2 rings (SSSR count). The van der Waals surface area contributed by atoms with Crippen molar-refractivity contribution in [3.05, 3.63) is 0 Å². The lowest BCUT2D eigenvalue weighted by Crippen LogP contribution is -2.37. The van der Waals surface area contributed by atoms with Crippen LogP contribution in [0, 0.1) is 0 Å². The average molecular weight is 299 g/mol. The number of ether oxygens (including phenoxy) is 1. The summed E-state index contributed by atoms with van der Waals surface area (Å²) in [6.45, 7) is 3.93. The molecule has 0 atom stereocenters. The first-order valence-electron chi connectivity index (χ1n) is 6.52. The zero-order valence-electron chi connectivity index (χ0n) is 11.9. The van der Waals surface area contributed by atoms with Crippen LogP contribution in [0.1, 0.15) is 0 Å². The predicted octanol–water partition coefficient (Wildman–Crippen LogP) is -0.352. The number of hydrogen-bond donors (Lipinski definition) is 2. The number of nitrogen functional groups attached to an aromatic ring is 1. The summed E-state index contributed by atoms with van der Waals surface area (Å²) in [5, 5.41) is 0.691. The zero-order chi connectivity index (χ0) is 14.4. The molecule has 0 aliphatic carbocycles. The molecule has 2 heterocycles. The number of nitrogens with one attached hydrogen (secondary N) is 1. The summed E-state index contributed by atoms with van der Waals surface area (Å²) in [6, 6.07) is 0. The largest absolute Gasteiger partial charge is 0.378 e. The van der Waals surface area contributed by atoms with Crippen molar-refractivity contribution < 1.29 is 4.74 Å². The van der Waals surface area contributed by atoms with Crippen LogP contribution in [-0.4, -0.2) is 72.5 Å². The molecule has 1 fully saturated rings. The molecule has 1 aromatic rings. The van der Waals surface area contributed by atoms with Gasteiger partial charge >= 0.3 is 0 Å². The molecule has 112 valence electrons. The van der Waals surface area contributed by atoms with Crippen molar-refractivity contribution in [2.45, 2.75) is 5.16 Å². The molecule has 1 aromatic heterocycles. The first kappa shape index (κ1) is 15.2. The first-order chi connectivity index (χ1) is 9.69. The minimum absolute atomic E-state index is 0.397. The smallest absolute Gasteiger partial charge is 0.242 e. The summed E-state index contributed by atoms with van der Waals surface area (Å²) in [5.41, 5.74) is 2.50. The van der Waals surface area contributed by atoms with Gasteiger partial charge in [0.1, 0.15) is 0 Å². The van der Waals surface area contributed by atoms with Gasteiger partial charge in [-0.15, -0.1) is 0 Å². The van der Waals surface area contributed by atoms with Crippen LogP contribution in [0.3, 0.4) is 0 Å². The summed E-state index contributed by atoms with van der Waals surface area (Å²) in [5.74, 6) is 7.40. The van der Waals surface area contributed by atoms with E-state index in [0.717, 1.165) is 25.4 Å². The van der Waals surface area contributed by atoms with E-state index in [2.05, 4.69) is 30.2 Å². The van der Waals surface area contributed by atoms with Crippen LogP contribution in [0.4, 0.5) is 11.9 Å². The maximum Gasteiger partial charge on any atom is 0.242 e. The second-order valence-electron chi connectivity index (χ2n) is 4.64. The van der Waals surface area contributed by atoms with Crippen LogP contribution >= 0.6 is 11.8 Å². The van der Waals surface area contributed by atoms with E-state index in [1.54, 1.807) is 11.8 Å². The van der Waals surface area contributed by atoms with Gasteiger partial charge in [0, 0.05) is 25.4 Å². The highest BCUT2D eigenvalue weighted by atomic mass is 32.2. The normalized spacial score (nSPS) is 15.7. The molecule has 1 aliphatic heterocycles. The van der Waals surface area contributed by atoms with Gasteiger partial charge in [-0.1, -0.05) is 11.8 Å². The number of morpholine rings is 1. The standard InChI is InChI=1S/C11H21N7OS/c1-17(2)5-8-20-11-14-9(16-12)13-10(15-11)18-3-6-19-7-4-18/h3-8,12H2,1-2H3,(H,13,14,15,16). The molecule has 1 saturated heterocycles. The molecule has 0 aromatic carbocycles. The maximum atomic E-state index is 5.43. The van der Waals surface area contributed by atoms with Gasteiger partial charge < -0.3 is 14.5 Å². The number of rotatable bonds is 6. The Hall–Kier alpha value is -1.16. The minimum atomic E-state index is 0.397. The number of nitrogens with two attached hydrogens (primary N) is 1. The van der Waals surface area contributed by atoms with E-state index in [0.29, 0.717) is 30.3 Å². The maximum absolute atomic E-state index is 5.43. The molecule has 0 unspecified atom stereocenters. The fourth-order valence-corrected chi connectivity index (χ4v) is 2.64. The van der Waals surface area contributed by atoms with Gasteiger partial charge in [0.05, 0.1) is 13.2 Å². The van der Waals surface area contributed by atoms with Crippen LogP contribution in [0.2, 0.25) is 0 Å². The van der Waals surface area contributed by atoms with Crippen molar-refractivity contribution in [2.75, 3.05) is 63.0 Å². The molecule has 20 heavy (non-hydrogen) atoms. The van der Waals surface area contributed by atoms with Gasteiger partial charge in [-0.3, -0.25) is 5.43 Å². The average Bonchev–Trinajstić information content (AvgIpc) is 2.47. The Morgan fingerprint density at radius 3 is 2.70 bits per heavy atom. The summed E-state index contributed by atoms with van der Waals surface area (Å²) < 4.78 is 5.34. The van der Waals surface area contributed by atoms with Crippen LogP contribution in [-0.2, 0) is 4.74 Å². The molecule has 8 nitrogen and oxygen atoms in total. The van der Waals surface area contributed by atoms with E-state index in [-0.39, 0.29) is 0 Å². The molecule has 3 N–H and O–H groups in total. The van der Waals surface area contributed by atoms with Crippen molar-refractivity contribution in [2.24, 2.45) is 5.84 Å². The van der Waals surface area contributed by atoms with Crippen molar-refractivity contribution in [3.8, 4) is 0 Å². The number of anilines is 2. The van der Waals surface area contributed by atoms with E-state index in [9.17, 15) is 0 Å². The van der Waals surface area contributed by atoms with E-state index in [1.807, 2.05) is 14.1 Å². The highest BCUT2D eigenvalue weighted by Crippen LogP contribution is 2.19.